The predicted octanol–water partition coefficient (Wildman–Crippen LogP) is 3.64. The van der Waals surface area contributed by atoms with Gasteiger partial charge in [0, 0.05) is 24.3 Å². The molecule has 2 aromatic carbocycles. The fourth-order valence-corrected chi connectivity index (χ4v) is 2.75. The molecule has 0 aliphatic carbocycles. The Morgan fingerprint density at radius 1 is 1.04 bits per heavy atom. The average molecular weight is 377 g/mol. The number of aromatic nitrogens is 1. The lowest BCUT2D eigenvalue weighted by Gasteiger charge is -2.03. The molecule has 1 heterocycles. The summed E-state index contributed by atoms with van der Waals surface area (Å²) in [5, 5.41) is 7.42. The van der Waals surface area contributed by atoms with E-state index in [2.05, 4.69) is 4.98 Å². The van der Waals surface area contributed by atoms with E-state index in [-0.39, 0.29) is 10.7 Å². The maximum absolute atomic E-state index is 13.0. The average Bonchev–Trinajstić information content (AvgIpc) is 3.04. The van der Waals surface area contributed by atoms with Crippen molar-refractivity contribution in [2.75, 3.05) is 6.26 Å². The molecule has 3 aromatic rings. The first-order chi connectivity index (χ1) is 12.2. The van der Waals surface area contributed by atoms with Crippen molar-refractivity contribution < 1.29 is 27.1 Å². The van der Waals surface area contributed by atoms with Crippen molar-refractivity contribution in [2.45, 2.75) is 11.8 Å². The van der Waals surface area contributed by atoms with E-state index >= 15 is 0 Å². The zero-order valence-corrected chi connectivity index (χ0v) is 14.8. The van der Waals surface area contributed by atoms with E-state index < -0.39 is 15.8 Å². The van der Waals surface area contributed by atoms with Gasteiger partial charge < -0.3 is 9.52 Å². The third kappa shape index (κ3) is 5.00. The van der Waals surface area contributed by atoms with Crippen molar-refractivity contribution in [3.05, 3.63) is 60.7 Å². The molecule has 26 heavy (non-hydrogen) atoms. The van der Waals surface area contributed by atoms with Crippen LogP contribution in [0.25, 0.3) is 22.6 Å². The number of nitrogens with zero attached hydrogens (tertiary/aromatic N) is 1. The second-order valence-corrected chi connectivity index (χ2v) is 7.37. The van der Waals surface area contributed by atoms with Crippen molar-refractivity contribution >= 4 is 15.8 Å². The number of oxazole rings is 1. The van der Waals surface area contributed by atoms with E-state index in [4.69, 9.17) is 14.3 Å². The molecule has 8 heteroatoms. The number of carboxylic acids is 1. The molecule has 0 radical (unpaired) electrons. The van der Waals surface area contributed by atoms with Crippen LogP contribution in [0.3, 0.4) is 0 Å². The number of hydrogen-bond acceptors (Lipinski definition) is 5. The van der Waals surface area contributed by atoms with E-state index in [0.717, 1.165) is 18.7 Å². The van der Waals surface area contributed by atoms with Crippen LogP contribution in [0.2, 0.25) is 0 Å². The van der Waals surface area contributed by atoms with Crippen LogP contribution in [0.1, 0.15) is 6.92 Å². The standard InChI is InChI=1S/C16H12FNO3S.C2H4O2/c1-22(19,20)14-8-4-12(5-9-14)16-15(18-10-21-16)11-2-6-13(17)7-3-11;1-2(3)4/h2-10H,1H3;1H3,(H,3,4). The lowest BCUT2D eigenvalue weighted by molar-refractivity contribution is -0.134. The normalized spacial score (nSPS) is 10.7. The minimum absolute atomic E-state index is 0.235. The van der Waals surface area contributed by atoms with Gasteiger partial charge >= 0.3 is 0 Å². The summed E-state index contributed by atoms with van der Waals surface area (Å²) in [6.07, 6.45) is 2.46. The van der Waals surface area contributed by atoms with Crippen molar-refractivity contribution in [2.24, 2.45) is 0 Å². The summed E-state index contributed by atoms with van der Waals surface area (Å²) in [6.45, 7) is 1.08. The molecule has 1 aromatic heterocycles. The van der Waals surface area contributed by atoms with Crippen LogP contribution in [0.5, 0.6) is 0 Å². The van der Waals surface area contributed by atoms with Gasteiger partial charge in [0.1, 0.15) is 11.5 Å². The van der Waals surface area contributed by atoms with Gasteiger partial charge in [0.05, 0.1) is 4.90 Å². The molecule has 136 valence electrons. The first kappa shape index (κ1) is 19.3. The monoisotopic (exact) mass is 377 g/mol. The second-order valence-electron chi connectivity index (χ2n) is 5.35. The number of halogens is 1. The molecular weight excluding hydrogens is 361 g/mol. The van der Waals surface area contributed by atoms with Gasteiger partial charge in [-0.05, 0) is 48.5 Å². The Balaban J connectivity index is 0.000000552. The summed E-state index contributed by atoms with van der Waals surface area (Å²) in [5.74, 6) is -0.655. The molecule has 0 aliphatic rings. The van der Waals surface area contributed by atoms with E-state index in [9.17, 15) is 12.8 Å². The number of carboxylic acid groups (broad SMARTS) is 1. The van der Waals surface area contributed by atoms with Gasteiger partial charge in [0.2, 0.25) is 0 Å². The van der Waals surface area contributed by atoms with E-state index in [0.29, 0.717) is 17.0 Å². The highest BCUT2D eigenvalue weighted by atomic mass is 32.2. The summed E-state index contributed by atoms with van der Waals surface area (Å²) >= 11 is 0. The lowest BCUT2D eigenvalue weighted by Crippen LogP contribution is -1.96. The summed E-state index contributed by atoms with van der Waals surface area (Å²) in [6, 6.07) is 12.3. The van der Waals surface area contributed by atoms with Gasteiger partial charge in [-0.25, -0.2) is 17.8 Å². The second kappa shape index (κ2) is 7.92. The molecule has 0 aliphatic heterocycles. The Morgan fingerprint density at radius 2 is 1.54 bits per heavy atom. The van der Waals surface area contributed by atoms with Crippen LogP contribution in [0.15, 0.2) is 64.2 Å². The van der Waals surface area contributed by atoms with Gasteiger partial charge in [-0.15, -0.1) is 0 Å². The maximum Gasteiger partial charge on any atom is 0.300 e. The van der Waals surface area contributed by atoms with Crippen molar-refractivity contribution in [1.82, 2.24) is 4.98 Å². The number of carbonyl (C=O) groups is 1. The van der Waals surface area contributed by atoms with Gasteiger partial charge in [-0.2, -0.15) is 0 Å². The van der Waals surface area contributed by atoms with Crippen molar-refractivity contribution in [1.29, 1.82) is 0 Å². The third-order valence-electron chi connectivity index (χ3n) is 3.23. The van der Waals surface area contributed by atoms with Crippen LogP contribution < -0.4 is 0 Å². The summed E-state index contributed by atoms with van der Waals surface area (Å²) in [7, 11) is -3.24. The van der Waals surface area contributed by atoms with Crippen LogP contribution in [0, 0.1) is 5.82 Å². The Labute approximate surface area is 149 Å². The molecule has 0 spiro atoms. The topological polar surface area (TPSA) is 97.5 Å². The molecule has 0 bridgehead atoms. The number of aliphatic carboxylic acids is 1. The highest BCUT2D eigenvalue weighted by Gasteiger charge is 2.14. The van der Waals surface area contributed by atoms with E-state index in [1.54, 1.807) is 24.3 Å². The molecule has 1 N–H and O–H groups in total. The Hall–Kier alpha value is -3.00. The number of rotatable bonds is 3. The molecule has 3 rings (SSSR count). The molecule has 0 atom stereocenters. The van der Waals surface area contributed by atoms with Crippen molar-refractivity contribution in [3.8, 4) is 22.6 Å². The Morgan fingerprint density at radius 3 is 2.04 bits per heavy atom. The smallest absolute Gasteiger partial charge is 0.300 e. The van der Waals surface area contributed by atoms with Crippen LogP contribution >= 0.6 is 0 Å². The Kier molecular flexibility index (Phi) is 5.89. The molecular formula is C18H16FNO5S. The first-order valence-electron chi connectivity index (χ1n) is 7.38. The summed E-state index contributed by atoms with van der Waals surface area (Å²) < 4.78 is 41.4. The lowest BCUT2D eigenvalue weighted by atomic mass is 10.1. The van der Waals surface area contributed by atoms with Gasteiger partial charge in [0.25, 0.3) is 5.97 Å². The molecule has 0 saturated carbocycles. The zero-order chi connectivity index (χ0) is 19.3. The highest BCUT2D eigenvalue weighted by molar-refractivity contribution is 7.90. The SMILES string of the molecule is CC(=O)O.CS(=O)(=O)c1ccc(-c2ocnc2-c2ccc(F)cc2)cc1. The minimum atomic E-state index is -3.24. The minimum Gasteiger partial charge on any atom is -0.481 e. The molecule has 0 saturated heterocycles. The van der Waals surface area contributed by atoms with Crippen LogP contribution in [-0.2, 0) is 14.6 Å². The summed E-state index contributed by atoms with van der Waals surface area (Å²) in [4.78, 5) is 13.4. The predicted molar refractivity (Wildman–Crippen MR) is 93.8 cm³/mol. The largest absolute Gasteiger partial charge is 0.481 e. The zero-order valence-electron chi connectivity index (χ0n) is 14.0. The molecule has 0 unspecified atom stereocenters. The van der Waals surface area contributed by atoms with E-state index in [1.165, 1.54) is 30.7 Å². The van der Waals surface area contributed by atoms with Gasteiger partial charge in [-0.3, -0.25) is 4.79 Å². The first-order valence-corrected chi connectivity index (χ1v) is 9.27. The quantitative estimate of drug-likeness (QED) is 0.748. The molecule has 0 amide bonds. The molecule has 6 nitrogen and oxygen atoms in total. The van der Waals surface area contributed by atoms with Gasteiger partial charge in [-0.1, -0.05) is 0 Å². The fourth-order valence-electron chi connectivity index (χ4n) is 2.12. The third-order valence-corrected chi connectivity index (χ3v) is 4.36. The number of hydrogen-bond donors (Lipinski definition) is 1. The fraction of sp³-hybridized carbons (Fsp3) is 0.111. The van der Waals surface area contributed by atoms with Crippen LogP contribution in [0.4, 0.5) is 4.39 Å². The van der Waals surface area contributed by atoms with E-state index in [1.807, 2.05) is 0 Å². The Bertz CT molecular complexity index is 989. The molecule has 0 fully saturated rings. The van der Waals surface area contributed by atoms with Crippen LogP contribution in [-0.4, -0.2) is 30.7 Å². The number of benzene rings is 2. The number of sulfone groups is 1. The van der Waals surface area contributed by atoms with Crippen molar-refractivity contribution in [3.63, 3.8) is 0 Å². The highest BCUT2D eigenvalue weighted by Crippen LogP contribution is 2.31. The van der Waals surface area contributed by atoms with Gasteiger partial charge in [0.15, 0.2) is 22.0 Å². The maximum atomic E-state index is 13.0. The summed E-state index contributed by atoms with van der Waals surface area (Å²) in [5.41, 5.74) is 1.99.